The van der Waals surface area contributed by atoms with Crippen molar-refractivity contribution in [2.24, 2.45) is 11.8 Å². The molecule has 3 heterocycles. The van der Waals surface area contributed by atoms with Gasteiger partial charge in [-0.3, -0.25) is 4.79 Å². The van der Waals surface area contributed by atoms with Crippen molar-refractivity contribution in [3.05, 3.63) is 66.5 Å². The number of hydrogen-bond donors (Lipinski definition) is 1. The number of nitrogens with one attached hydrogen (secondary N) is 1. The number of piperidine rings is 1. The van der Waals surface area contributed by atoms with Crippen LogP contribution in [0, 0.1) is 11.8 Å². The fourth-order valence-electron chi connectivity index (χ4n) is 5.79. The number of carbonyl (C=O) groups excluding carboxylic acids is 1. The highest BCUT2D eigenvalue weighted by atomic mass is 16.2. The number of hydrogen-bond acceptors (Lipinski definition) is 5. The summed E-state index contributed by atoms with van der Waals surface area (Å²) in [6, 6.07) is 16.2. The second-order valence-corrected chi connectivity index (χ2v) is 12.8. The summed E-state index contributed by atoms with van der Waals surface area (Å²) in [6.07, 6.45) is 10.7. The molecule has 1 aliphatic heterocycles. The van der Waals surface area contributed by atoms with E-state index in [1.165, 1.54) is 32.4 Å². The van der Waals surface area contributed by atoms with Crippen molar-refractivity contribution in [3.63, 3.8) is 0 Å². The summed E-state index contributed by atoms with van der Waals surface area (Å²) in [5, 5.41) is 7.91. The van der Waals surface area contributed by atoms with Crippen molar-refractivity contribution in [1.82, 2.24) is 29.1 Å². The molecule has 0 unspecified atom stereocenters. The molecule has 1 N–H and O–H groups in total. The lowest BCUT2D eigenvalue weighted by Crippen LogP contribution is -2.34. The van der Waals surface area contributed by atoms with Gasteiger partial charge in [-0.15, -0.1) is 0 Å². The molecular formula is C35H49N7O. The molecule has 0 atom stereocenters. The van der Waals surface area contributed by atoms with Crippen LogP contribution in [0.15, 0.2) is 60.9 Å². The zero-order valence-electron chi connectivity index (χ0n) is 26.5. The van der Waals surface area contributed by atoms with Gasteiger partial charge < -0.3 is 19.7 Å². The number of likely N-dealkylation sites (tertiary alicyclic amines) is 1. The van der Waals surface area contributed by atoms with Crippen LogP contribution in [0.1, 0.15) is 76.6 Å². The number of benzene rings is 2. The molecule has 0 aliphatic carbocycles. The Bertz CT molecular complexity index is 1420. The van der Waals surface area contributed by atoms with E-state index in [1.807, 2.05) is 29.1 Å². The first-order chi connectivity index (χ1) is 20.9. The van der Waals surface area contributed by atoms with E-state index >= 15 is 0 Å². The zero-order chi connectivity index (χ0) is 30.2. The number of imidazole rings is 1. The fourth-order valence-corrected chi connectivity index (χ4v) is 5.79. The highest BCUT2D eigenvalue weighted by molar-refractivity contribution is 5.98. The average Bonchev–Trinajstić information content (AvgIpc) is 3.66. The number of nitrogens with zero attached hydrogens (tertiary/aromatic N) is 6. The SMILES string of the molecule is CC(C)CCN(CCC(C)C)C(=O)c1ccc2nc(Nc3ccc(-n4cccn4)cc3)n(CCCN3CCCCC3)c2c1. The standard InChI is InChI=1S/C35H49N7O/c1-27(2)16-24-40(25-17-28(3)4)34(43)29-10-15-32-33(26-29)41(22-9-21-39-19-6-5-7-20-39)35(38-32)37-30-11-13-31(14-12-30)42-23-8-18-36-42/h8,10-15,18,23,26-28H,5-7,9,16-17,19-22,24-25H2,1-4H3,(H,37,38). The maximum Gasteiger partial charge on any atom is 0.253 e. The molecule has 0 bridgehead atoms. The van der Waals surface area contributed by atoms with Crippen molar-refractivity contribution in [1.29, 1.82) is 0 Å². The highest BCUT2D eigenvalue weighted by Crippen LogP contribution is 2.26. The molecular weight excluding hydrogens is 534 g/mol. The normalized spacial score (nSPS) is 14.2. The predicted molar refractivity (Wildman–Crippen MR) is 176 cm³/mol. The molecule has 1 saturated heterocycles. The maximum absolute atomic E-state index is 13.8. The summed E-state index contributed by atoms with van der Waals surface area (Å²) >= 11 is 0. The van der Waals surface area contributed by atoms with E-state index in [0.29, 0.717) is 11.8 Å². The Morgan fingerprint density at radius 1 is 0.930 bits per heavy atom. The van der Waals surface area contributed by atoms with E-state index in [2.05, 4.69) is 82.8 Å². The largest absolute Gasteiger partial charge is 0.339 e. The molecule has 0 spiro atoms. The van der Waals surface area contributed by atoms with Gasteiger partial charge in [0, 0.05) is 43.3 Å². The Labute approximate surface area is 257 Å². The second-order valence-electron chi connectivity index (χ2n) is 12.8. The van der Waals surface area contributed by atoms with E-state index < -0.39 is 0 Å². The first-order valence-corrected chi connectivity index (χ1v) is 16.3. The quantitative estimate of drug-likeness (QED) is 0.168. The van der Waals surface area contributed by atoms with E-state index in [-0.39, 0.29) is 5.91 Å². The van der Waals surface area contributed by atoms with Crippen molar-refractivity contribution in [2.45, 2.75) is 72.8 Å². The number of fused-ring (bicyclic) bond motifs is 1. The Morgan fingerprint density at radius 2 is 1.65 bits per heavy atom. The summed E-state index contributed by atoms with van der Waals surface area (Å²) in [4.78, 5) is 23.5. The summed E-state index contributed by atoms with van der Waals surface area (Å²) in [5.41, 5.74) is 4.63. The van der Waals surface area contributed by atoms with E-state index in [4.69, 9.17) is 4.98 Å². The van der Waals surface area contributed by atoms with Gasteiger partial charge in [-0.1, -0.05) is 34.1 Å². The van der Waals surface area contributed by atoms with Gasteiger partial charge in [0.25, 0.3) is 5.91 Å². The topological polar surface area (TPSA) is 71.2 Å². The van der Waals surface area contributed by atoms with Crippen LogP contribution < -0.4 is 5.32 Å². The van der Waals surface area contributed by atoms with Crippen LogP contribution in [-0.2, 0) is 6.54 Å². The van der Waals surface area contributed by atoms with E-state index in [9.17, 15) is 4.79 Å². The molecule has 5 rings (SSSR count). The molecule has 1 amide bonds. The molecule has 1 fully saturated rings. The number of aromatic nitrogens is 4. The van der Waals surface area contributed by atoms with Crippen LogP contribution in [0.4, 0.5) is 11.6 Å². The molecule has 4 aromatic rings. The van der Waals surface area contributed by atoms with Gasteiger partial charge in [-0.2, -0.15) is 5.10 Å². The van der Waals surface area contributed by atoms with Gasteiger partial charge in [-0.05, 0) is 112 Å². The predicted octanol–water partition coefficient (Wildman–Crippen LogP) is 7.38. The van der Waals surface area contributed by atoms with E-state index in [0.717, 1.165) is 79.4 Å². The zero-order valence-corrected chi connectivity index (χ0v) is 26.5. The third-order valence-corrected chi connectivity index (χ3v) is 8.43. The smallest absolute Gasteiger partial charge is 0.253 e. The van der Waals surface area contributed by atoms with E-state index in [1.54, 1.807) is 6.20 Å². The summed E-state index contributed by atoms with van der Waals surface area (Å²) < 4.78 is 4.12. The highest BCUT2D eigenvalue weighted by Gasteiger charge is 2.20. The molecule has 2 aromatic heterocycles. The minimum atomic E-state index is 0.119. The Balaban J connectivity index is 1.41. The molecule has 1 aliphatic rings. The van der Waals surface area contributed by atoms with Crippen molar-refractivity contribution in [2.75, 3.05) is 38.0 Å². The van der Waals surface area contributed by atoms with Gasteiger partial charge in [0.2, 0.25) is 5.95 Å². The molecule has 0 radical (unpaired) electrons. The monoisotopic (exact) mass is 583 g/mol. The lowest BCUT2D eigenvalue weighted by Gasteiger charge is -2.26. The Hall–Kier alpha value is -3.65. The van der Waals surface area contributed by atoms with Crippen LogP contribution >= 0.6 is 0 Å². The summed E-state index contributed by atoms with van der Waals surface area (Å²) in [7, 11) is 0. The van der Waals surface area contributed by atoms with Gasteiger partial charge in [-0.25, -0.2) is 9.67 Å². The van der Waals surface area contributed by atoms with Crippen LogP contribution in [0.5, 0.6) is 0 Å². The number of anilines is 2. The number of amides is 1. The minimum absolute atomic E-state index is 0.119. The molecule has 2 aromatic carbocycles. The number of aryl methyl sites for hydroxylation is 1. The van der Waals surface area contributed by atoms with Gasteiger partial charge in [0.05, 0.1) is 16.7 Å². The molecule has 8 nitrogen and oxygen atoms in total. The van der Waals surface area contributed by atoms with Crippen LogP contribution in [0.25, 0.3) is 16.7 Å². The minimum Gasteiger partial charge on any atom is -0.339 e. The number of carbonyl (C=O) groups is 1. The lowest BCUT2D eigenvalue weighted by atomic mass is 10.1. The molecule has 8 heteroatoms. The van der Waals surface area contributed by atoms with Gasteiger partial charge in [0.1, 0.15) is 0 Å². The Morgan fingerprint density at radius 3 is 2.30 bits per heavy atom. The Kier molecular flexibility index (Phi) is 10.5. The lowest BCUT2D eigenvalue weighted by molar-refractivity contribution is 0.0741. The van der Waals surface area contributed by atoms with Gasteiger partial charge >= 0.3 is 0 Å². The first-order valence-electron chi connectivity index (χ1n) is 16.3. The molecule has 43 heavy (non-hydrogen) atoms. The number of rotatable bonds is 14. The second kappa shape index (κ2) is 14.7. The van der Waals surface area contributed by atoms with Crippen molar-refractivity contribution < 1.29 is 4.79 Å². The third-order valence-electron chi connectivity index (χ3n) is 8.43. The van der Waals surface area contributed by atoms with Crippen LogP contribution in [-0.4, -0.2) is 67.8 Å². The molecule has 0 saturated carbocycles. The fraction of sp³-hybridized carbons (Fsp3) is 0.514. The summed E-state index contributed by atoms with van der Waals surface area (Å²) in [5.74, 6) is 2.04. The van der Waals surface area contributed by atoms with Gasteiger partial charge in [0.15, 0.2) is 0 Å². The maximum atomic E-state index is 13.8. The van der Waals surface area contributed by atoms with Crippen molar-refractivity contribution in [3.8, 4) is 5.69 Å². The van der Waals surface area contributed by atoms with Crippen LogP contribution in [0.2, 0.25) is 0 Å². The first kappa shape index (κ1) is 30.8. The summed E-state index contributed by atoms with van der Waals surface area (Å²) in [6.45, 7) is 14.8. The molecule has 230 valence electrons. The van der Waals surface area contributed by atoms with Crippen molar-refractivity contribution >= 4 is 28.6 Å². The average molecular weight is 584 g/mol. The third kappa shape index (κ3) is 8.25. The van der Waals surface area contributed by atoms with Crippen LogP contribution in [0.3, 0.4) is 0 Å².